The average Bonchev–Trinajstić information content (AvgIpc) is 2.01. The van der Waals surface area contributed by atoms with E-state index in [-0.39, 0.29) is 11.8 Å². The van der Waals surface area contributed by atoms with Crippen LogP contribution >= 0.6 is 12.6 Å². The van der Waals surface area contributed by atoms with Crippen molar-refractivity contribution in [1.29, 1.82) is 0 Å². The lowest BCUT2D eigenvalue weighted by atomic mass is 9.90. The molecule has 1 amide bonds. The van der Waals surface area contributed by atoms with Gasteiger partial charge in [-0.3, -0.25) is 4.79 Å². The summed E-state index contributed by atoms with van der Waals surface area (Å²) in [6.07, 6.45) is 0.936. The molecule has 0 aromatic carbocycles. The van der Waals surface area contributed by atoms with Gasteiger partial charge >= 0.3 is 0 Å². The van der Waals surface area contributed by atoms with Crippen molar-refractivity contribution in [3.8, 4) is 0 Å². The van der Waals surface area contributed by atoms with Crippen molar-refractivity contribution in [1.82, 2.24) is 4.90 Å². The number of amides is 1. The summed E-state index contributed by atoms with van der Waals surface area (Å²) >= 11 is 4.17. The number of carbonyl (C=O) groups excluding carboxylic acids is 1. The van der Waals surface area contributed by atoms with E-state index in [4.69, 9.17) is 5.73 Å². The lowest BCUT2D eigenvalue weighted by Crippen LogP contribution is -2.34. The van der Waals surface area contributed by atoms with Gasteiger partial charge in [-0.15, -0.1) is 0 Å². The lowest BCUT2D eigenvalue weighted by Gasteiger charge is -2.24. The van der Waals surface area contributed by atoms with Crippen molar-refractivity contribution in [3.05, 3.63) is 0 Å². The maximum Gasteiger partial charge on any atom is 0.220 e. The second kappa shape index (κ2) is 6.27. The van der Waals surface area contributed by atoms with E-state index in [9.17, 15) is 4.79 Å². The van der Waals surface area contributed by atoms with Gasteiger partial charge in [0.2, 0.25) is 5.91 Å². The van der Waals surface area contributed by atoms with Gasteiger partial charge in [-0.1, -0.05) is 6.92 Å². The van der Waals surface area contributed by atoms with Crippen LogP contribution in [0.1, 0.15) is 13.3 Å². The number of thiol groups is 1. The molecule has 3 nitrogen and oxygen atoms in total. The number of nitrogens with two attached hydrogens (primary N) is 1. The third kappa shape index (κ3) is 5.16. The molecule has 2 unspecified atom stereocenters. The normalized spacial score (nSPS) is 15.8. The molecule has 0 saturated heterocycles. The quantitative estimate of drug-likeness (QED) is 0.623. The summed E-state index contributed by atoms with van der Waals surface area (Å²) in [6, 6.07) is 0. The van der Waals surface area contributed by atoms with Gasteiger partial charge in [-0.2, -0.15) is 12.6 Å². The standard InChI is InChI=1S/C9H20N2OS/c1-7(9(10)12)8(4-5-13)6-11(2)3/h7-8,13H,4-6H2,1-3H3,(H2,10,12). The van der Waals surface area contributed by atoms with Gasteiger partial charge in [0.15, 0.2) is 0 Å². The number of carbonyl (C=O) groups is 1. The predicted octanol–water partition coefficient (Wildman–Crippen LogP) is 0.605. The zero-order valence-electron chi connectivity index (χ0n) is 8.66. The van der Waals surface area contributed by atoms with Gasteiger partial charge in [0.25, 0.3) is 0 Å². The minimum absolute atomic E-state index is 0.0606. The fourth-order valence-electron chi connectivity index (χ4n) is 1.37. The number of nitrogens with zero attached hydrogens (tertiary/aromatic N) is 1. The highest BCUT2D eigenvalue weighted by Crippen LogP contribution is 2.16. The van der Waals surface area contributed by atoms with E-state index < -0.39 is 0 Å². The van der Waals surface area contributed by atoms with Crippen LogP contribution in [0.15, 0.2) is 0 Å². The van der Waals surface area contributed by atoms with Crippen LogP contribution in [-0.4, -0.2) is 37.2 Å². The topological polar surface area (TPSA) is 46.3 Å². The average molecular weight is 204 g/mol. The van der Waals surface area contributed by atoms with Gasteiger partial charge in [-0.05, 0) is 32.2 Å². The molecule has 2 atom stereocenters. The number of rotatable bonds is 6. The molecule has 0 aromatic rings. The number of primary amides is 1. The molecule has 2 N–H and O–H groups in total. The van der Waals surface area contributed by atoms with E-state index >= 15 is 0 Å². The third-order valence-electron chi connectivity index (χ3n) is 2.26. The second-order valence-electron chi connectivity index (χ2n) is 3.73. The molecule has 0 saturated carbocycles. The maximum absolute atomic E-state index is 11.0. The molecule has 0 aliphatic heterocycles. The molecule has 0 rings (SSSR count). The SMILES string of the molecule is CC(C(N)=O)C(CCS)CN(C)C. The van der Waals surface area contributed by atoms with E-state index in [1.54, 1.807) is 0 Å². The maximum atomic E-state index is 11.0. The van der Waals surface area contributed by atoms with Crippen molar-refractivity contribution in [2.24, 2.45) is 17.6 Å². The van der Waals surface area contributed by atoms with Crippen molar-refractivity contribution < 1.29 is 4.79 Å². The van der Waals surface area contributed by atoms with Gasteiger partial charge in [0, 0.05) is 12.5 Å². The second-order valence-corrected chi connectivity index (χ2v) is 4.17. The minimum Gasteiger partial charge on any atom is -0.369 e. The molecule has 0 aliphatic rings. The molecule has 78 valence electrons. The summed E-state index contributed by atoms with van der Waals surface area (Å²) in [4.78, 5) is 13.1. The Kier molecular flexibility index (Phi) is 6.16. The minimum atomic E-state index is -0.214. The highest BCUT2D eigenvalue weighted by Gasteiger charge is 2.21. The Morgan fingerprint density at radius 2 is 2.08 bits per heavy atom. The van der Waals surface area contributed by atoms with Crippen LogP contribution in [-0.2, 0) is 4.79 Å². The first-order chi connectivity index (χ1) is 5.99. The Bertz CT molecular complexity index is 162. The largest absolute Gasteiger partial charge is 0.369 e. The number of hydrogen-bond acceptors (Lipinski definition) is 3. The molecule has 0 fully saturated rings. The Morgan fingerprint density at radius 3 is 2.38 bits per heavy atom. The first-order valence-corrected chi connectivity index (χ1v) is 5.17. The molecular weight excluding hydrogens is 184 g/mol. The van der Waals surface area contributed by atoms with Crippen LogP contribution in [0.4, 0.5) is 0 Å². The summed E-state index contributed by atoms with van der Waals surface area (Å²) in [5, 5.41) is 0. The molecule has 0 bridgehead atoms. The highest BCUT2D eigenvalue weighted by atomic mass is 32.1. The van der Waals surface area contributed by atoms with Crippen LogP contribution in [0, 0.1) is 11.8 Å². The van der Waals surface area contributed by atoms with Crippen LogP contribution in [0.25, 0.3) is 0 Å². The molecule has 0 heterocycles. The molecule has 13 heavy (non-hydrogen) atoms. The van der Waals surface area contributed by atoms with Crippen LogP contribution < -0.4 is 5.73 Å². The molecule has 0 aliphatic carbocycles. The molecule has 4 heteroatoms. The van der Waals surface area contributed by atoms with Crippen LogP contribution in [0.3, 0.4) is 0 Å². The molecular formula is C9H20N2OS. The summed E-state index contributed by atoms with van der Waals surface area (Å²) in [7, 11) is 4.00. The van der Waals surface area contributed by atoms with Crippen molar-refractivity contribution in [2.75, 3.05) is 26.4 Å². The van der Waals surface area contributed by atoms with Crippen molar-refractivity contribution >= 4 is 18.5 Å². The fourth-order valence-corrected chi connectivity index (χ4v) is 1.70. The summed E-state index contributed by atoms with van der Waals surface area (Å²) in [5.41, 5.74) is 5.26. The van der Waals surface area contributed by atoms with E-state index in [1.165, 1.54) is 0 Å². The summed E-state index contributed by atoms with van der Waals surface area (Å²) in [5.74, 6) is 0.851. The molecule has 0 radical (unpaired) electrons. The van der Waals surface area contributed by atoms with Crippen molar-refractivity contribution in [3.63, 3.8) is 0 Å². The van der Waals surface area contributed by atoms with Gasteiger partial charge < -0.3 is 10.6 Å². The summed E-state index contributed by atoms with van der Waals surface area (Å²) < 4.78 is 0. The Labute approximate surface area is 86.1 Å². The van der Waals surface area contributed by atoms with Gasteiger partial charge in [0.05, 0.1) is 0 Å². The third-order valence-corrected chi connectivity index (χ3v) is 2.51. The Balaban J connectivity index is 4.14. The first kappa shape index (κ1) is 12.8. The Morgan fingerprint density at radius 1 is 1.54 bits per heavy atom. The predicted molar refractivity (Wildman–Crippen MR) is 58.9 cm³/mol. The Hall–Kier alpha value is -0.220. The van der Waals surface area contributed by atoms with E-state index in [0.717, 1.165) is 18.7 Å². The van der Waals surface area contributed by atoms with E-state index in [0.29, 0.717) is 5.92 Å². The number of hydrogen-bond donors (Lipinski definition) is 2. The van der Waals surface area contributed by atoms with Gasteiger partial charge in [-0.25, -0.2) is 0 Å². The van der Waals surface area contributed by atoms with Crippen LogP contribution in [0.5, 0.6) is 0 Å². The van der Waals surface area contributed by atoms with E-state index in [2.05, 4.69) is 17.5 Å². The highest BCUT2D eigenvalue weighted by molar-refractivity contribution is 7.80. The smallest absolute Gasteiger partial charge is 0.220 e. The van der Waals surface area contributed by atoms with Crippen molar-refractivity contribution in [2.45, 2.75) is 13.3 Å². The zero-order valence-corrected chi connectivity index (χ0v) is 9.55. The first-order valence-electron chi connectivity index (χ1n) is 4.54. The fraction of sp³-hybridized carbons (Fsp3) is 0.889. The zero-order chi connectivity index (χ0) is 10.4. The lowest BCUT2D eigenvalue weighted by molar-refractivity contribution is -0.123. The monoisotopic (exact) mass is 204 g/mol. The molecule has 0 aromatic heterocycles. The van der Waals surface area contributed by atoms with E-state index in [1.807, 2.05) is 21.0 Å². The molecule has 0 spiro atoms. The van der Waals surface area contributed by atoms with Gasteiger partial charge in [0.1, 0.15) is 0 Å². The summed E-state index contributed by atoms with van der Waals surface area (Å²) in [6.45, 7) is 2.78. The van der Waals surface area contributed by atoms with Crippen LogP contribution in [0.2, 0.25) is 0 Å².